The molecule has 18 heavy (non-hydrogen) atoms. The smallest absolute Gasteiger partial charge is 0.327 e. The van der Waals surface area contributed by atoms with E-state index in [2.05, 4.69) is 20.3 Å². The zero-order valence-electron chi connectivity index (χ0n) is 10.1. The predicted molar refractivity (Wildman–Crippen MR) is 62.5 cm³/mol. The van der Waals surface area contributed by atoms with E-state index in [0.29, 0.717) is 17.8 Å². The van der Waals surface area contributed by atoms with Gasteiger partial charge in [0.25, 0.3) is 0 Å². The molecule has 0 bridgehead atoms. The summed E-state index contributed by atoms with van der Waals surface area (Å²) in [7, 11) is 0. The van der Waals surface area contributed by atoms with E-state index < -0.39 is 5.66 Å². The van der Waals surface area contributed by atoms with E-state index in [-0.39, 0.29) is 12.0 Å². The van der Waals surface area contributed by atoms with Gasteiger partial charge in [-0.1, -0.05) is 0 Å². The molecule has 0 unspecified atom stereocenters. The summed E-state index contributed by atoms with van der Waals surface area (Å²) in [6.07, 6.45) is 4.77. The zero-order chi connectivity index (χ0) is 12.8. The first-order valence-corrected chi connectivity index (χ1v) is 5.74. The molecule has 0 amide bonds. The molecule has 7 heteroatoms. The molecule has 2 aromatic heterocycles. The van der Waals surface area contributed by atoms with Crippen molar-refractivity contribution in [1.82, 2.24) is 24.8 Å². The third kappa shape index (κ3) is 1.47. The van der Waals surface area contributed by atoms with Crippen LogP contribution in [0.3, 0.4) is 0 Å². The van der Waals surface area contributed by atoms with Gasteiger partial charge in [-0.25, -0.2) is 15.0 Å². The average Bonchev–Trinajstić information content (AvgIpc) is 2.88. The van der Waals surface area contributed by atoms with Crippen molar-refractivity contribution in [3.05, 3.63) is 18.9 Å². The molecule has 2 atom stereocenters. The number of imidazole rings is 1. The largest absolute Gasteiger partial charge is 0.465 e. The summed E-state index contributed by atoms with van der Waals surface area (Å²) in [6, 6.07) is -0.357. The Hall–Kier alpha value is -2.02. The van der Waals surface area contributed by atoms with Crippen LogP contribution in [0.1, 0.15) is 13.8 Å². The summed E-state index contributed by atoms with van der Waals surface area (Å²) < 4.78 is 6.84. The van der Waals surface area contributed by atoms with Gasteiger partial charge in [0.2, 0.25) is 0 Å². The lowest BCUT2D eigenvalue weighted by molar-refractivity contribution is -0.143. The maximum absolute atomic E-state index is 11.7. The molecule has 1 saturated heterocycles. The summed E-state index contributed by atoms with van der Waals surface area (Å²) >= 11 is 0. The van der Waals surface area contributed by atoms with E-state index in [0.717, 1.165) is 0 Å². The number of hydrogen-bond acceptors (Lipinski definition) is 6. The van der Waals surface area contributed by atoms with Crippen LogP contribution >= 0.6 is 0 Å². The number of carbonyl (C=O) groups is 1. The van der Waals surface area contributed by atoms with Crippen LogP contribution in [0.5, 0.6) is 0 Å². The lowest BCUT2D eigenvalue weighted by Gasteiger charge is -2.10. The predicted octanol–water partition coefficient (Wildman–Crippen LogP) is 0.0339. The van der Waals surface area contributed by atoms with Crippen molar-refractivity contribution in [2.24, 2.45) is 0 Å². The van der Waals surface area contributed by atoms with Gasteiger partial charge in [0, 0.05) is 0 Å². The fourth-order valence-corrected chi connectivity index (χ4v) is 2.08. The first kappa shape index (κ1) is 11.1. The summed E-state index contributed by atoms with van der Waals surface area (Å²) in [5.41, 5.74) is 0.886. The van der Waals surface area contributed by atoms with Crippen molar-refractivity contribution in [2.75, 3.05) is 6.61 Å². The second-order valence-electron chi connectivity index (χ2n) is 4.32. The van der Waals surface area contributed by atoms with Gasteiger partial charge in [-0.3, -0.25) is 14.7 Å². The number of carbonyl (C=O) groups excluding carboxylic acids is 1. The number of rotatable bonds is 3. The van der Waals surface area contributed by atoms with E-state index in [9.17, 15) is 4.79 Å². The van der Waals surface area contributed by atoms with Crippen molar-refractivity contribution in [1.29, 1.82) is 0 Å². The maximum atomic E-state index is 11.7. The summed E-state index contributed by atoms with van der Waals surface area (Å²) in [6.45, 7) is 4.08. The first-order chi connectivity index (χ1) is 8.66. The fourth-order valence-electron chi connectivity index (χ4n) is 2.08. The molecule has 1 aliphatic heterocycles. The molecule has 1 N–H and O–H groups in total. The lowest BCUT2D eigenvalue weighted by atomic mass is 10.2. The average molecular weight is 247 g/mol. The molecule has 7 nitrogen and oxygen atoms in total. The molecule has 0 saturated carbocycles. The Balaban J connectivity index is 1.94. The van der Waals surface area contributed by atoms with Gasteiger partial charge in [-0.2, -0.15) is 0 Å². The normalized spacial score (nSPS) is 26.2. The first-order valence-electron chi connectivity index (χ1n) is 5.74. The molecule has 0 aliphatic carbocycles. The van der Waals surface area contributed by atoms with Crippen LogP contribution in [0.15, 0.2) is 18.9 Å². The Labute approximate surface area is 103 Å². The highest BCUT2D eigenvalue weighted by Gasteiger charge is 2.57. The molecule has 1 fully saturated rings. The number of fused-ring (bicyclic) bond motifs is 1. The molecule has 3 heterocycles. The van der Waals surface area contributed by atoms with E-state index in [4.69, 9.17) is 4.74 Å². The van der Waals surface area contributed by atoms with Crippen LogP contribution in [0.25, 0.3) is 11.2 Å². The number of ether oxygens (including phenoxy) is 1. The Morgan fingerprint density at radius 2 is 2.44 bits per heavy atom. The number of nitrogens with one attached hydrogen (secondary N) is 1. The Morgan fingerprint density at radius 3 is 3.22 bits per heavy atom. The van der Waals surface area contributed by atoms with Crippen molar-refractivity contribution >= 4 is 17.1 Å². The quantitative estimate of drug-likeness (QED) is 0.608. The molecule has 0 aromatic carbocycles. The molecule has 94 valence electrons. The standard InChI is InChI=1S/C11H13N5O2/c1-3-18-10(17)8-11(2,15-8)16-6-14-7-4-12-5-13-9(7)16/h4-6,8,15H,3H2,1-2H3/t8-,11-/m1/s1. The topological polar surface area (TPSA) is 91.8 Å². The highest BCUT2D eigenvalue weighted by molar-refractivity contribution is 5.82. The van der Waals surface area contributed by atoms with Gasteiger partial charge < -0.3 is 4.74 Å². The number of nitrogens with zero attached hydrogens (tertiary/aromatic N) is 4. The van der Waals surface area contributed by atoms with Crippen LogP contribution < -0.4 is 5.32 Å². The molecule has 3 rings (SSSR count). The number of aromatic nitrogens is 4. The van der Waals surface area contributed by atoms with Gasteiger partial charge in [0.05, 0.1) is 19.1 Å². The van der Waals surface area contributed by atoms with Gasteiger partial charge in [-0.05, 0) is 13.8 Å². The van der Waals surface area contributed by atoms with E-state index in [1.54, 1.807) is 19.4 Å². The maximum Gasteiger partial charge on any atom is 0.327 e. The minimum absolute atomic E-state index is 0.254. The van der Waals surface area contributed by atoms with E-state index >= 15 is 0 Å². The highest BCUT2D eigenvalue weighted by Crippen LogP contribution is 2.34. The highest BCUT2D eigenvalue weighted by atomic mass is 16.5. The Morgan fingerprint density at radius 1 is 1.61 bits per heavy atom. The van der Waals surface area contributed by atoms with Crippen LogP contribution in [0, 0.1) is 0 Å². The van der Waals surface area contributed by atoms with Crippen molar-refractivity contribution in [3.63, 3.8) is 0 Å². The summed E-state index contributed by atoms with van der Waals surface area (Å²) in [5.74, 6) is -0.254. The second-order valence-corrected chi connectivity index (χ2v) is 4.32. The summed E-state index contributed by atoms with van der Waals surface area (Å²) in [4.78, 5) is 24.0. The van der Waals surface area contributed by atoms with E-state index in [1.807, 2.05) is 11.5 Å². The molecule has 1 aliphatic rings. The van der Waals surface area contributed by atoms with Gasteiger partial charge in [0.1, 0.15) is 23.5 Å². The van der Waals surface area contributed by atoms with Gasteiger partial charge in [-0.15, -0.1) is 0 Å². The van der Waals surface area contributed by atoms with Gasteiger partial charge >= 0.3 is 5.97 Å². The lowest BCUT2D eigenvalue weighted by Crippen LogP contribution is -2.24. The van der Waals surface area contributed by atoms with Gasteiger partial charge in [0.15, 0.2) is 5.65 Å². The Bertz CT molecular complexity index is 610. The van der Waals surface area contributed by atoms with Crippen molar-refractivity contribution in [2.45, 2.75) is 25.6 Å². The molecule has 2 aromatic rings. The molecular weight excluding hydrogens is 234 g/mol. The van der Waals surface area contributed by atoms with Crippen molar-refractivity contribution in [3.8, 4) is 0 Å². The SMILES string of the molecule is CCOC(=O)[C@H]1N[C@]1(C)n1cnc2cncnc21. The third-order valence-electron chi connectivity index (χ3n) is 3.15. The van der Waals surface area contributed by atoms with Crippen LogP contribution in [0.4, 0.5) is 0 Å². The fraction of sp³-hybridized carbons (Fsp3) is 0.455. The monoisotopic (exact) mass is 247 g/mol. The molecule has 0 spiro atoms. The zero-order valence-corrected chi connectivity index (χ0v) is 10.1. The Kier molecular flexibility index (Phi) is 2.30. The van der Waals surface area contributed by atoms with Crippen LogP contribution in [0.2, 0.25) is 0 Å². The number of hydrogen-bond donors (Lipinski definition) is 1. The minimum atomic E-state index is -0.518. The molecule has 0 radical (unpaired) electrons. The number of esters is 1. The van der Waals surface area contributed by atoms with Crippen molar-refractivity contribution < 1.29 is 9.53 Å². The minimum Gasteiger partial charge on any atom is -0.465 e. The van der Waals surface area contributed by atoms with E-state index in [1.165, 1.54) is 6.33 Å². The molecular formula is C11H13N5O2. The van der Waals surface area contributed by atoms with Crippen LogP contribution in [-0.2, 0) is 15.2 Å². The third-order valence-corrected chi connectivity index (χ3v) is 3.15. The summed E-state index contributed by atoms with van der Waals surface area (Å²) in [5, 5.41) is 3.11. The second kappa shape index (κ2) is 3.74. The van der Waals surface area contributed by atoms with Crippen LogP contribution in [-0.4, -0.2) is 38.1 Å².